The normalized spacial score (nSPS) is 21.6. The molecule has 0 unspecified atom stereocenters. The fourth-order valence-corrected chi connectivity index (χ4v) is 6.64. The van der Waals surface area contributed by atoms with Crippen molar-refractivity contribution >= 4 is 36.9 Å². The Balaban J connectivity index is 1.98. The van der Waals surface area contributed by atoms with Gasteiger partial charge < -0.3 is 0 Å². The lowest BCUT2D eigenvalue weighted by molar-refractivity contribution is -0.132. The van der Waals surface area contributed by atoms with Gasteiger partial charge in [-0.3, -0.25) is 14.4 Å². The van der Waals surface area contributed by atoms with Crippen molar-refractivity contribution in [2.45, 2.75) is 38.4 Å². The van der Waals surface area contributed by atoms with Crippen LogP contribution >= 0.6 is 0 Å². The number of Topliss-reactive ketones (excluding diaryl/α,β-unsaturated/α-hetero) is 1. The second-order valence-electron chi connectivity index (χ2n) is 8.56. The van der Waals surface area contributed by atoms with Gasteiger partial charge in [-0.2, -0.15) is 0 Å². The predicted molar refractivity (Wildman–Crippen MR) is 113 cm³/mol. The molecule has 0 fully saturated rings. The summed E-state index contributed by atoms with van der Waals surface area (Å²) in [5, 5.41) is 0.812. The van der Waals surface area contributed by atoms with E-state index in [4.69, 9.17) is 0 Å². The molecule has 0 bridgehead atoms. The molecule has 0 aromatic heterocycles. The molecule has 0 N–H and O–H groups in total. The van der Waals surface area contributed by atoms with Crippen LogP contribution in [0.4, 0.5) is 5.69 Å². The minimum atomic E-state index is -2.05. The van der Waals surface area contributed by atoms with E-state index < -0.39 is 19.4 Å². The molecular formula is C23H23NO3Si. The van der Waals surface area contributed by atoms with Gasteiger partial charge in [-0.25, -0.2) is 4.90 Å². The van der Waals surface area contributed by atoms with Crippen molar-refractivity contribution in [2.24, 2.45) is 0 Å². The van der Waals surface area contributed by atoms with Gasteiger partial charge in [0, 0.05) is 12.5 Å². The standard InChI is InChI=1S/C23H23NO3Si/c1-15(25)24-19-13-9-8-12-18(19)23(22(24)27)14-17(16-10-6-5-7-11-16)20(21(23)26)28(2,3)4/h5-13H,14H2,1-4H3/t23-/m1/s1. The van der Waals surface area contributed by atoms with Crippen LogP contribution in [0, 0.1) is 0 Å². The topological polar surface area (TPSA) is 54.5 Å². The number of amides is 2. The van der Waals surface area contributed by atoms with E-state index in [0.29, 0.717) is 17.7 Å². The Hall–Kier alpha value is -2.79. The molecule has 1 aliphatic carbocycles. The molecule has 1 heterocycles. The van der Waals surface area contributed by atoms with Crippen LogP contribution in [0.1, 0.15) is 24.5 Å². The van der Waals surface area contributed by atoms with Crippen LogP contribution in [-0.4, -0.2) is 25.7 Å². The number of allylic oxidation sites excluding steroid dienone is 2. The molecule has 4 nitrogen and oxygen atoms in total. The summed E-state index contributed by atoms with van der Waals surface area (Å²) in [6, 6.07) is 17.0. The molecular weight excluding hydrogens is 366 g/mol. The molecule has 1 atom stereocenters. The molecule has 2 amide bonds. The van der Waals surface area contributed by atoms with Crippen LogP contribution in [-0.2, 0) is 19.8 Å². The van der Waals surface area contributed by atoms with Gasteiger partial charge in [0.25, 0.3) is 5.91 Å². The Morgan fingerprint density at radius 1 is 0.964 bits per heavy atom. The van der Waals surface area contributed by atoms with E-state index in [1.807, 2.05) is 42.5 Å². The van der Waals surface area contributed by atoms with E-state index in [9.17, 15) is 14.4 Å². The molecule has 0 saturated heterocycles. The van der Waals surface area contributed by atoms with Crippen molar-refractivity contribution in [1.29, 1.82) is 0 Å². The Morgan fingerprint density at radius 2 is 1.57 bits per heavy atom. The van der Waals surface area contributed by atoms with Crippen molar-refractivity contribution in [2.75, 3.05) is 4.90 Å². The monoisotopic (exact) mass is 389 g/mol. The summed E-state index contributed by atoms with van der Waals surface area (Å²) in [6.45, 7) is 7.78. The minimum Gasteiger partial charge on any atom is -0.293 e. The van der Waals surface area contributed by atoms with Crippen molar-refractivity contribution in [3.8, 4) is 0 Å². The third kappa shape index (κ3) is 2.39. The average molecular weight is 390 g/mol. The third-order valence-corrected chi connectivity index (χ3v) is 7.75. The van der Waals surface area contributed by atoms with Gasteiger partial charge in [0.2, 0.25) is 5.91 Å². The van der Waals surface area contributed by atoms with Crippen molar-refractivity contribution in [3.05, 3.63) is 70.9 Å². The van der Waals surface area contributed by atoms with Gasteiger partial charge >= 0.3 is 0 Å². The third-order valence-electron chi connectivity index (χ3n) is 5.72. The largest absolute Gasteiger partial charge is 0.293 e. The second-order valence-corrected chi connectivity index (χ2v) is 13.6. The summed E-state index contributed by atoms with van der Waals surface area (Å²) < 4.78 is 0. The van der Waals surface area contributed by atoms with Crippen LogP contribution in [0.25, 0.3) is 5.57 Å². The predicted octanol–water partition coefficient (Wildman–Crippen LogP) is 4.12. The van der Waals surface area contributed by atoms with Crippen LogP contribution in [0.15, 0.2) is 59.8 Å². The number of hydrogen-bond donors (Lipinski definition) is 0. The van der Waals surface area contributed by atoms with Crippen molar-refractivity contribution in [3.63, 3.8) is 0 Å². The first-order valence-corrected chi connectivity index (χ1v) is 13.0. The molecule has 2 aromatic rings. The van der Waals surface area contributed by atoms with Crippen LogP contribution in [0.5, 0.6) is 0 Å². The van der Waals surface area contributed by atoms with E-state index in [0.717, 1.165) is 16.3 Å². The summed E-state index contributed by atoms with van der Waals surface area (Å²) >= 11 is 0. The number of nitrogens with zero attached hydrogens (tertiary/aromatic N) is 1. The zero-order valence-corrected chi connectivity index (χ0v) is 17.6. The molecule has 1 spiro atoms. The number of anilines is 1. The number of carbonyl (C=O) groups is 3. The molecule has 5 heteroatoms. The molecule has 2 aromatic carbocycles. The molecule has 28 heavy (non-hydrogen) atoms. The van der Waals surface area contributed by atoms with E-state index in [2.05, 4.69) is 19.6 Å². The maximum atomic E-state index is 13.9. The fraction of sp³-hybridized carbons (Fsp3) is 0.261. The maximum Gasteiger partial charge on any atom is 0.252 e. The summed E-state index contributed by atoms with van der Waals surface area (Å²) in [7, 11) is -2.05. The van der Waals surface area contributed by atoms with E-state index >= 15 is 0 Å². The molecule has 0 radical (unpaired) electrons. The first kappa shape index (κ1) is 18.6. The Morgan fingerprint density at radius 3 is 2.18 bits per heavy atom. The van der Waals surface area contributed by atoms with Crippen LogP contribution in [0.2, 0.25) is 19.6 Å². The number of ketones is 1. The van der Waals surface area contributed by atoms with Crippen LogP contribution in [0.3, 0.4) is 0 Å². The minimum absolute atomic E-state index is 0.119. The Bertz CT molecular complexity index is 1050. The van der Waals surface area contributed by atoms with E-state index in [-0.39, 0.29) is 11.7 Å². The Kier molecular flexibility index (Phi) is 4.05. The maximum absolute atomic E-state index is 13.9. The zero-order chi connectivity index (χ0) is 20.3. The number of benzene rings is 2. The van der Waals surface area contributed by atoms with E-state index in [1.165, 1.54) is 11.8 Å². The highest BCUT2D eigenvalue weighted by Gasteiger charge is 2.62. The zero-order valence-electron chi connectivity index (χ0n) is 16.6. The highest BCUT2D eigenvalue weighted by molar-refractivity contribution is 6.89. The number of para-hydroxylation sites is 1. The number of imide groups is 1. The summed E-state index contributed by atoms with van der Waals surface area (Å²) in [4.78, 5) is 40.9. The molecule has 1 aliphatic heterocycles. The van der Waals surface area contributed by atoms with Gasteiger partial charge in [0.15, 0.2) is 5.78 Å². The smallest absolute Gasteiger partial charge is 0.252 e. The summed E-state index contributed by atoms with van der Waals surface area (Å²) in [5.41, 5.74) is 1.82. The van der Waals surface area contributed by atoms with E-state index in [1.54, 1.807) is 12.1 Å². The average Bonchev–Trinajstić information content (AvgIpc) is 3.09. The van der Waals surface area contributed by atoms with Gasteiger partial charge in [-0.1, -0.05) is 68.2 Å². The van der Waals surface area contributed by atoms with Gasteiger partial charge in [0.05, 0.1) is 13.8 Å². The first-order valence-electron chi connectivity index (χ1n) is 9.48. The number of rotatable bonds is 2. The second kappa shape index (κ2) is 6.11. The quantitative estimate of drug-likeness (QED) is 0.573. The van der Waals surface area contributed by atoms with Gasteiger partial charge in [-0.05, 0) is 28.8 Å². The van der Waals surface area contributed by atoms with Gasteiger partial charge in [0.1, 0.15) is 5.41 Å². The summed E-state index contributed by atoms with van der Waals surface area (Å²) in [6.07, 6.45) is 0.315. The highest BCUT2D eigenvalue weighted by Crippen LogP contribution is 2.54. The highest BCUT2D eigenvalue weighted by atomic mass is 28.3. The Labute approximate surface area is 165 Å². The molecule has 2 aliphatic rings. The molecule has 4 rings (SSSR count). The number of carbonyl (C=O) groups excluding carboxylic acids is 3. The molecule has 142 valence electrons. The lowest BCUT2D eigenvalue weighted by Gasteiger charge is -2.24. The van der Waals surface area contributed by atoms with Gasteiger partial charge in [-0.15, -0.1) is 0 Å². The lowest BCUT2D eigenvalue weighted by Crippen LogP contribution is -2.47. The SMILES string of the molecule is CC(=O)N1C(=O)[C@]2(CC(c3ccccc3)=C([Si](C)(C)C)C2=O)c2ccccc21. The first-order chi connectivity index (χ1) is 13.2. The van der Waals surface area contributed by atoms with Crippen molar-refractivity contribution < 1.29 is 14.4 Å². The number of fused-ring (bicyclic) bond motifs is 2. The summed E-state index contributed by atoms with van der Waals surface area (Å²) in [5.74, 6) is -0.885. The fourth-order valence-electron chi connectivity index (χ4n) is 4.61. The lowest BCUT2D eigenvalue weighted by atomic mass is 9.77. The molecule has 0 saturated carbocycles. The number of hydrogen-bond acceptors (Lipinski definition) is 3. The van der Waals surface area contributed by atoms with Crippen molar-refractivity contribution in [1.82, 2.24) is 0 Å². The van der Waals surface area contributed by atoms with Crippen LogP contribution < -0.4 is 4.90 Å².